The van der Waals surface area contributed by atoms with Gasteiger partial charge in [-0.05, 0) is 6.07 Å². The Kier molecular flexibility index (Phi) is 4.10. The zero-order chi connectivity index (χ0) is 17.5. The summed E-state index contributed by atoms with van der Waals surface area (Å²) >= 11 is 0. The minimum absolute atomic E-state index is 0.166. The van der Waals surface area contributed by atoms with E-state index in [0.717, 1.165) is 13.1 Å². The second-order valence-corrected chi connectivity index (χ2v) is 4.63. The first kappa shape index (κ1) is 16.8. The van der Waals surface area contributed by atoms with E-state index < -0.39 is 52.7 Å². The van der Waals surface area contributed by atoms with E-state index in [-0.39, 0.29) is 15.2 Å². The lowest BCUT2D eigenvalue weighted by Crippen LogP contribution is -2.42. The molecule has 2 aromatic rings. The van der Waals surface area contributed by atoms with E-state index in [9.17, 15) is 35.9 Å². The molecule has 0 bridgehead atoms. The van der Waals surface area contributed by atoms with E-state index in [0.29, 0.717) is 6.07 Å². The summed E-state index contributed by atoms with van der Waals surface area (Å²) in [5.74, 6) is -4.91. The number of aromatic nitrogens is 2. The summed E-state index contributed by atoms with van der Waals surface area (Å²) in [6, 6.07) is 1.53. The van der Waals surface area contributed by atoms with Gasteiger partial charge in [0.2, 0.25) is 0 Å². The van der Waals surface area contributed by atoms with Crippen molar-refractivity contribution in [2.45, 2.75) is 12.7 Å². The van der Waals surface area contributed by atoms with Crippen LogP contribution in [0.15, 0.2) is 27.8 Å². The first-order chi connectivity index (χ1) is 10.5. The quantitative estimate of drug-likeness (QED) is 0.621. The molecular formula is C13H8F6N2O2. The molecule has 0 radical (unpaired) electrons. The Morgan fingerprint density at radius 2 is 1.65 bits per heavy atom. The van der Waals surface area contributed by atoms with Crippen LogP contribution in [0.5, 0.6) is 0 Å². The normalized spacial score (nSPS) is 11.8. The summed E-state index contributed by atoms with van der Waals surface area (Å²) in [6.07, 6.45) is -4.93. The summed E-state index contributed by atoms with van der Waals surface area (Å²) in [7, 11) is 0.780. The maximum atomic E-state index is 13.6. The van der Waals surface area contributed by atoms with Gasteiger partial charge in [-0.25, -0.2) is 18.0 Å². The number of benzene rings is 1. The lowest BCUT2D eigenvalue weighted by atomic mass is 10.2. The molecule has 0 saturated carbocycles. The molecule has 1 aromatic heterocycles. The SMILES string of the molecule is Cn1c(C(F)(F)F)cc(=O)n(Cc2ccc(F)c(F)c2F)c1=O. The average molecular weight is 338 g/mol. The molecule has 1 aromatic carbocycles. The van der Waals surface area contributed by atoms with Crippen molar-refractivity contribution in [2.75, 3.05) is 0 Å². The van der Waals surface area contributed by atoms with E-state index in [2.05, 4.69) is 0 Å². The second-order valence-electron chi connectivity index (χ2n) is 4.63. The first-order valence-electron chi connectivity index (χ1n) is 6.04. The summed E-state index contributed by atoms with van der Waals surface area (Å²) in [5.41, 5.74) is -4.74. The van der Waals surface area contributed by atoms with Gasteiger partial charge in [0.25, 0.3) is 5.56 Å². The van der Waals surface area contributed by atoms with Crippen molar-refractivity contribution >= 4 is 0 Å². The number of hydrogen-bond acceptors (Lipinski definition) is 2. The fourth-order valence-electron chi connectivity index (χ4n) is 1.95. The van der Waals surface area contributed by atoms with Gasteiger partial charge in [-0.1, -0.05) is 6.07 Å². The molecule has 10 heteroatoms. The minimum Gasteiger partial charge on any atom is -0.292 e. The molecule has 0 saturated heterocycles. The molecule has 0 fully saturated rings. The molecular weight excluding hydrogens is 330 g/mol. The highest BCUT2D eigenvalue weighted by atomic mass is 19.4. The van der Waals surface area contributed by atoms with E-state index in [4.69, 9.17) is 0 Å². The molecule has 2 rings (SSSR count). The van der Waals surface area contributed by atoms with E-state index >= 15 is 0 Å². The number of halogens is 6. The van der Waals surface area contributed by atoms with Crippen molar-refractivity contribution in [3.63, 3.8) is 0 Å². The molecule has 0 aliphatic rings. The van der Waals surface area contributed by atoms with Crippen molar-refractivity contribution < 1.29 is 26.3 Å². The fourth-order valence-corrected chi connectivity index (χ4v) is 1.95. The summed E-state index contributed by atoms with van der Waals surface area (Å²) in [4.78, 5) is 23.5. The Labute approximate surface area is 124 Å². The maximum Gasteiger partial charge on any atom is 0.431 e. The average Bonchev–Trinajstić information content (AvgIpc) is 2.46. The lowest BCUT2D eigenvalue weighted by Gasteiger charge is -2.14. The first-order valence-corrected chi connectivity index (χ1v) is 6.04. The Balaban J connectivity index is 2.59. The second kappa shape index (κ2) is 5.60. The van der Waals surface area contributed by atoms with Crippen LogP contribution in [-0.4, -0.2) is 9.13 Å². The Morgan fingerprint density at radius 3 is 2.22 bits per heavy atom. The molecule has 0 spiro atoms. The Bertz CT molecular complexity index is 882. The van der Waals surface area contributed by atoms with Crippen molar-refractivity contribution in [2.24, 2.45) is 7.05 Å². The van der Waals surface area contributed by atoms with E-state index in [1.54, 1.807) is 0 Å². The highest BCUT2D eigenvalue weighted by Gasteiger charge is 2.35. The van der Waals surface area contributed by atoms with Crippen LogP contribution in [0, 0.1) is 17.5 Å². The molecule has 0 unspecified atom stereocenters. The fraction of sp³-hybridized carbons (Fsp3) is 0.231. The van der Waals surface area contributed by atoms with Gasteiger partial charge in [-0.15, -0.1) is 0 Å². The third kappa shape index (κ3) is 3.01. The van der Waals surface area contributed by atoms with Crippen molar-refractivity contribution in [1.29, 1.82) is 0 Å². The predicted octanol–water partition coefficient (Wildman–Crippen LogP) is 2.03. The summed E-state index contributed by atoms with van der Waals surface area (Å²) in [6.45, 7) is -0.841. The van der Waals surface area contributed by atoms with Crippen LogP contribution in [0.3, 0.4) is 0 Å². The van der Waals surface area contributed by atoms with Crippen molar-refractivity contribution in [3.8, 4) is 0 Å². The van der Waals surface area contributed by atoms with Gasteiger partial charge in [-0.3, -0.25) is 13.9 Å². The monoisotopic (exact) mass is 338 g/mol. The largest absolute Gasteiger partial charge is 0.431 e. The Hall–Kier alpha value is -2.52. The molecule has 23 heavy (non-hydrogen) atoms. The smallest absolute Gasteiger partial charge is 0.292 e. The van der Waals surface area contributed by atoms with Crippen LogP contribution in [0.2, 0.25) is 0 Å². The zero-order valence-corrected chi connectivity index (χ0v) is 11.4. The van der Waals surface area contributed by atoms with Crippen LogP contribution in [-0.2, 0) is 19.8 Å². The van der Waals surface area contributed by atoms with Crippen molar-refractivity contribution in [1.82, 2.24) is 9.13 Å². The standard InChI is InChI=1S/C13H8F6N2O2/c1-20-8(13(17,18)19)4-9(22)21(12(20)23)5-6-2-3-7(14)11(16)10(6)15/h2-4H,5H2,1H3. The molecule has 1 heterocycles. The molecule has 0 atom stereocenters. The summed E-state index contributed by atoms with van der Waals surface area (Å²) < 4.78 is 78.0. The molecule has 0 aliphatic heterocycles. The summed E-state index contributed by atoms with van der Waals surface area (Å²) in [5, 5.41) is 0. The minimum atomic E-state index is -4.93. The highest BCUT2D eigenvalue weighted by Crippen LogP contribution is 2.26. The third-order valence-corrected chi connectivity index (χ3v) is 3.14. The van der Waals surface area contributed by atoms with Gasteiger partial charge in [0.1, 0.15) is 5.69 Å². The van der Waals surface area contributed by atoms with E-state index in [1.165, 1.54) is 0 Å². The van der Waals surface area contributed by atoms with E-state index in [1.807, 2.05) is 0 Å². The van der Waals surface area contributed by atoms with Crippen LogP contribution >= 0.6 is 0 Å². The Morgan fingerprint density at radius 1 is 1.04 bits per heavy atom. The number of alkyl halides is 3. The number of nitrogens with zero attached hydrogens (tertiary/aromatic N) is 2. The molecule has 124 valence electrons. The third-order valence-electron chi connectivity index (χ3n) is 3.14. The number of hydrogen-bond donors (Lipinski definition) is 0. The molecule has 4 nitrogen and oxygen atoms in total. The number of rotatable bonds is 2. The molecule has 0 N–H and O–H groups in total. The van der Waals surface area contributed by atoms with Gasteiger partial charge < -0.3 is 0 Å². The highest BCUT2D eigenvalue weighted by molar-refractivity contribution is 5.21. The predicted molar refractivity (Wildman–Crippen MR) is 66.4 cm³/mol. The van der Waals surface area contributed by atoms with Crippen LogP contribution in [0.1, 0.15) is 11.3 Å². The lowest BCUT2D eigenvalue weighted by molar-refractivity contribution is -0.144. The van der Waals surface area contributed by atoms with Gasteiger partial charge in [0.05, 0.1) is 6.54 Å². The molecule has 0 amide bonds. The van der Waals surface area contributed by atoms with Gasteiger partial charge >= 0.3 is 11.9 Å². The van der Waals surface area contributed by atoms with Gasteiger partial charge in [0.15, 0.2) is 17.5 Å². The van der Waals surface area contributed by atoms with Crippen LogP contribution < -0.4 is 11.2 Å². The molecule has 0 aliphatic carbocycles. The van der Waals surface area contributed by atoms with Gasteiger partial charge in [-0.2, -0.15) is 13.2 Å². The maximum absolute atomic E-state index is 13.6. The van der Waals surface area contributed by atoms with Crippen LogP contribution in [0.25, 0.3) is 0 Å². The topological polar surface area (TPSA) is 44.0 Å². The van der Waals surface area contributed by atoms with Crippen molar-refractivity contribution in [3.05, 3.63) is 67.7 Å². The zero-order valence-electron chi connectivity index (χ0n) is 11.4. The van der Waals surface area contributed by atoms with Crippen LogP contribution in [0.4, 0.5) is 26.3 Å². The van der Waals surface area contributed by atoms with Gasteiger partial charge in [0, 0.05) is 18.7 Å².